The summed E-state index contributed by atoms with van der Waals surface area (Å²) in [6, 6.07) is 0. The van der Waals surface area contributed by atoms with Crippen molar-refractivity contribution in [3.8, 4) is 0 Å². The summed E-state index contributed by atoms with van der Waals surface area (Å²) in [4.78, 5) is 0.0977. The SMILES string of the molecule is CCCCCCCCCCCCC(Cl)(CCCCCCCCCCCC)CCCCCCCCCCCC.P. The van der Waals surface area contributed by atoms with Gasteiger partial charge in [0, 0.05) is 4.87 Å². The topological polar surface area (TPSA) is 0 Å². The lowest BCUT2D eigenvalue weighted by Gasteiger charge is -2.27. The second-order valence-corrected chi connectivity index (χ2v) is 13.7. The van der Waals surface area contributed by atoms with Gasteiger partial charge in [-0.15, -0.1) is 11.6 Å². The van der Waals surface area contributed by atoms with Gasteiger partial charge in [0.05, 0.1) is 0 Å². The highest BCUT2D eigenvalue weighted by molar-refractivity contribution is 6.92. The van der Waals surface area contributed by atoms with Crippen LogP contribution in [0.1, 0.15) is 233 Å². The third kappa shape index (κ3) is 33.1. The van der Waals surface area contributed by atoms with Crippen molar-refractivity contribution in [3.05, 3.63) is 0 Å². The van der Waals surface area contributed by atoms with E-state index in [4.69, 9.17) is 11.6 Å². The van der Waals surface area contributed by atoms with Crippen LogP contribution in [0.2, 0.25) is 0 Å². The molecule has 0 amide bonds. The van der Waals surface area contributed by atoms with Crippen LogP contribution in [0.4, 0.5) is 0 Å². The Hall–Kier alpha value is 0.720. The molecule has 0 rings (SSSR count). The summed E-state index contributed by atoms with van der Waals surface area (Å²) in [5.41, 5.74) is 0. The van der Waals surface area contributed by atoms with E-state index in [1.165, 1.54) is 212 Å². The van der Waals surface area contributed by atoms with Crippen molar-refractivity contribution in [3.63, 3.8) is 0 Å². The summed E-state index contributed by atoms with van der Waals surface area (Å²) in [5, 5.41) is 0. The second kappa shape index (κ2) is 34.9. The molecular formula is C37H78ClP. The molecule has 0 bridgehead atoms. The Morgan fingerprint density at radius 3 is 0.615 bits per heavy atom. The molecular weight excluding hydrogens is 511 g/mol. The van der Waals surface area contributed by atoms with Crippen molar-refractivity contribution < 1.29 is 0 Å². The first-order chi connectivity index (χ1) is 18.7. The normalized spacial score (nSPS) is 11.7. The van der Waals surface area contributed by atoms with Gasteiger partial charge >= 0.3 is 0 Å². The van der Waals surface area contributed by atoms with E-state index in [0.717, 1.165) is 0 Å². The highest BCUT2D eigenvalue weighted by Gasteiger charge is 2.25. The first-order valence-corrected chi connectivity index (χ1v) is 18.7. The molecule has 0 radical (unpaired) electrons. The number of hydrogen-bond acceptors (Lipinski definition) is 0. The second-order valence-electron chi connectivity index (χ2n) is 12.9. The van der Waals surface area contributed by atoms with Crippen molar-refractivity contribution in [2.75, 3.05) is 0 Å². The van der Waals surface area contributed by atoms with Crippen molar-refractivity contribution in [1.29, 1.82) is 0 Å². The number of unbranched alkanes of at least 4 members (excludes halogenated alkanes) is 27. The Balaban J connectivity index is 0. The van der Waals surface area contributed by atoms with Gasteiger partial charge in [0.1, 0.15) is 0 Å². The fraction of sp³-hybridized carbons (Fsp3) is 1.00. The molecule has 238 valence electrons. The molecule has 1 unspecified atom stereocenters. The maximum atomic E-state index is 7.37. The largest absolute Gasteiger partial charge is 0.153 e. The van der Waals surface area contributed by atoms with Gasteiger partial charge < -0.3 is 0 Å². The summed E-state index contributed by atoms with van der Waals surface area (Å²) in [6.45, 7) is 6.93. The molecule has 0 aromatic heterocycles. The molecule has 0 saturated heterocycles. The summed E-state index contributed by atoms with van der Waals surface area (Å²) in [7, 11) is 0. The molecule has 0 N–H and O–H groups in total. The lowest BCUT2D eigenvalue weighted by molar-refractivity contribution is 0.394. The Labute approximate surface area is 258 Å². The first kappa shape index (κ1) is 41.9. The van der Waals surface area contributed by atoms with Gasteiger partial charge in [-0.1, -0.05) is 213 Å². The van der Waals surface area contributed by atoms with Gasteiger partial charge in [-0.25, -0.2) is 0 Å². The van der Waals surface area contributed by atoms with Crippen LogP contribution < -0.4 is 0 Å². The molecule has 0 aromatic carbocycles. The Bertz CT molecular complexity index is 364. The Morgan fingerprint density at radius 2 is 0.436 bits per heavy atom. The van der Waals surface area contributed by atoms with E-state index in [0.29, 0.717) is 0 Å². The van der Waals surface area contributed by atoms with E-state index in [2.05, 4.69) is 20.8 Å². The fourth-order valence-electron chi connectivity index (χ4n) is 6.16. The zero-order chi connectivity index (χ0) is 27.8. The van der Waals surface area contributed by atoms with Crippen LogP contribution in [0.5, 0.6) is 0 Å². The molecule has 0 saturated carbocycles. The minimum atomic E-state index is 0. The predicted molar refractivity (Wildman–Crippen MR) is 189 cm³/mol. The zero-order valence-corrected chi connectivity index (χ0v) is 30.1. The molecule has 0 heterocycles. The summed E-state index contributed by atoms with van der Waals surface area (Å²) < 4.78 is 0. The zero-order valence-electron chi connectivity index (χ0n) is 27.9. The van der Waals surface area contributed by atoms with E-state index in [9.17, 15) is 0 Å². The van der Waals surface area contributed by atoms with Gasteiger partial charge in [-0.2, -0.15) is 9.90 Å². The first-order valence-electron chi connectivity index (χ1n) is 18.4. The van der Waals surface area contributed by atoms with E-state index in [-0.39, 0.29) is 14.8 Å². The standard InChI is InChI=1S/C37H75Cl.H3P/c1-4-7-10-13-16-19-22-25-28-31-34-37(38,35-32-29-26-23-20-17-14-11-8-5-2)36-33-30-27-24-21-18-15-12-9-6-3;/h4-36H2,1-3H3;1H3. The summed E-state index contributed by atoms with van der Waals surface area (Å²) in [5.74, 6) is 0. The van der Waals surface area contributed by atoms with Crippen LogP contribution in [-0.2, 0) is 0 Å². The van der Waals surface area contributed by atoms with Crippen molar-refractivity contribution in [2.24, 2.45) is 0 Å². The number of halogens is 1. The molecule has 2 heteroatoms. The third-order valence-corrected chi connectivity index (χ3v) is 9.50. The van der Waals surface area contributed by atoms with Crippen LogP contribution in [0, 0.1) is 0 Å². The maximum Gasteiger partial charge on any atom is 0.0446 e. The smallest absolute Gasteiger partial charge is 0.0446 e. The molecule has 0 fully saturated rings. The van der Waals surface area contributed by atoms with Crippen molar-refractivity contribution in [1.82, 2.24) is 0 Å². The molecule has 0 aliphatic carbocycles. The quantitative estimate of drug-likeness (QED) is 0.0406. The van der Waals surface area contributed by atoms with Gasteiger partial charge in [0.15, 0.2) is 0 Å². The fourth-order valence-corrected chi connectivity index (χ4v) is 6.56. The van der Waals surface area contributed by atoms with Gasteiger partial charge in [0.25, 0.3) is 0 Å². The molecule has 0 aliphatic rings. The molecule has 0 nitrogen and oxygen atoms in total. The van der Waals surface area contributed by atoms with E-state index in [1.54, 1.807) is 0 Å². The molecule has 39 heavy (non-hydrogen) atoms. The van der Waals surface area contributed by atoms with Gasteiger partial charge in [-0.3, -0.25) is 0 Å². The molecule has 0 spiro atoms. The monoisotopic (exact) mass is 589 g/mol. The third-order valence-electron chi connectivity index (χ3n) is 8.94. The average Bonchev–Trinajstić information content (AvgIpc) is 2.92. The lowest BCUT2D eigenvalue weighted by atomic mass is 9.88. The number of hydrogen-bond donors (Lipinski definition) is 0. The summed E-state index contributed by atoms with van der Waals surface area (Å²) in [6.07, 6.45) is 46.5. The molecule has 1 atom stereocenters. The molecule has 0 aromatic rings. The van der Waals surface area contributed by atoms with Crippen LogP contribution in [0.15, 0.2) is 0 Å². The van der Waals surface area contributed by atoms with Crippen molar-refractivity contribution in [2.45, 2.75) is 238 Å². The highest BCUT2D eigenvalue weighted by atomic mass is 35.5. The average molecular weight is 589 g/mol. The van der Waals surface area contributed by atoms with Crippen LogP contribution in [0.25, 0.3) is 0 Å². The highest BCUT2D eigenvalue weighted by Crippen LogP contribution is 2.35. The van der Waals surface area contributed by atoms with Crippen molar-refractivity contribution >= 4 is 21.5 Å². The lowest BCUT2D eigenvalue weighted by Crippen LogP contribution is -2.21. The van der Waals surface area contributed by atoms with E-state index >= 15 is 0 Å². The van der Waals surface area contributed by atoms with Gasteiger partial charge in [0.2, 0.25) is 0 Å². The number of alkyl halides is 1. The minimum Gasteiger partial charge on any atom is -0.153 e. The summed E-state index contributed by atoms with van der Waals surface area (Å²) >= 11 is 7.37. The Kier molecular flexibility index (Phi) is 37.5. The molecule has 0 aliphatic heterocycles. The number of rotatable bonds is 33. The maximum absolute atomic E-state index is 7.37. The van der Waals surface area contributed by atoms with Crippen LogP contribution in [-0.4, -0.2) is 4.87 Å². The minimum absolute atomic E-state index is 0. The van der Waals surface area contributed by atoms with Crippen LogP contribution >= 0.6 is 21.5 Å². The van der Waals surface area contributed by atoms with Crippen LogP contribution in [0.3, 0.4) is 0 Å². The van der Waals surface area contributed by atoms with E-state index in [1.807, 2.05) is 0 Å². The van der Waals surface area contributed by atoms with Gasteiger partial charge in [-0.05, 0) is 19.3 Å². The predicted octanol–water partition coefficient (Wildman–Crippen LogP) is 15.0. The Morgan fingerprint density at radius 1 is 0.282 bits per heavy atom. The van der Waals surface area contributed by atoms with E-state index < -0.39 is 0 Å².